The highest BCUT2D eigenvalue weighted by Crippen LogP contribution is 2.03. The van der Waals surface area contributed by atoms with Gasteiger partial charge < -0.3 is 9.84 Å². The highest BCUT2D eigenvalue weighted by atomic mass is 16.5. The highest BCUT2D eigenvalue weighted by Gasteiger charge is 2.04. The summed E-state index contributed by atoms with van der Waals surface area (Å²) in [6, 6.07) is 3.38. The number of aliphatic hydroxyl groups excluding tert-OH is 1. The standard InChI is InChI=1S/C19H23NO3/c1-16(21)11-9-7-5-3-4-6-8-10-12-17-13-14-18(20-15-17)19(22)23-2/h13-16,21H,3-6,8,11H2,1-2H3/t16-/m0/s1. The fourth-order valence-electron chi connectivity index (χ4n) is 1.77. The van der Waals surface area contributed by atoms with Crippen molar-refractivity contribution in [2.45, 2.75) is 51.6 Å². The number of carbonyl (C=O) groups excluding carboxylic acids is 1. The van der Waals surface area contributed by atoms with E-state index in [1.807, 2.05) is 0 Å². The van der Waals surface area contributed by atoms with E-state index in [1.54, 1.807) is 25.3 Å². The average molecular weight is 313 g/mol. The monoisotopic (exact) mass is 313 g/mol. The summed E-state index contributed by atoms with van der Waals surface area (Å²) in [6.07, 6.45) is 6.69. The second-order valence-corrected chi connectivity index (χ2v) is 5.19. The molecule has 1 heterocycles. The number of hydrogen-bond acceptors (Lipinski definition) is 4. The van der Waals surface area contributed by atoms with E-state index in [4.69, 9.17) is 5.11 Å². The van der Waals surface area contributed by atoms with Crippen LogP contribution in [0.4, 0.5) is 0 Å². The maximum atomic E-state index is 11.2. The largest absolute Gasteiger partial charge is 0.464 e. The van der Waals surface area contributed by atoms with Crippen molar-refractivity contribution in [3.05, 3.63) is 29.6 Å². The first-order valence-electron chi connectivity index (χ1n) is 7.80. The Morgan fingerprint density at radius 3 is 2.57 bits per heavy atom. The molecule has 0 aliphatic heterocycles. The quantitative estimate of drug-likeness (QED) is 0.498. The Morgan fingerprint density at radius 2 is 1.96 bits per heavy atom. The Morgan fingerprint density at radius 1 is 1.22 bits per heavy atom. The highest BCUT2D eigenvalue weighted by molar-refractivity contribution is 5.87. The lowest BCUT2D eigenvalue weighted by molar-refractivity contribution is 0.0594. The van der Waals surface area contributed by atoms with Gasteiger partial charge in [-0.15, -0.1) is 11.8 Å². The summed E-state index contributed by atoms with van der Waals surface area (Å²) in [5.41, 5.74) is 1.08. The summed E-state index contributed by atoms with van der Waals surface area (Å²) in [4.78, 5) is 15.3. The molecule has 4 heteroatoms. The van der Waals surface area contributed by atoms with Gasteiger partial charge in [0.05, 0.1) is 13.2 Å². The predicted octanol–water partition coefficient (Wildman–Crippen LogP) is 2.94. The molecule has 4 nitrogen and oxygen atoms in total. The van der Waals surface area contributed by atoms with E-state index in [-0.39, 0.29) is 11.8 Å². The van der Waals surface area contributed by atoms with Crippen LogP contribution in [0.25, 0.3) is 0 Å². The van der Waals surface area contributed by atoms with Crippen LogP contribution >= 0.6 is 0 Å². The number of ether oxygens (including phenoxy) is 1. The van der Waals surface area contributed by atoms with Crippen LogP contribution in [0.15, 0.2) is 18.3 Å². The van der Waals surface area contributed by atoms with Gasteiger partial charge in [0.2, 0.25) is 0 Å². The molecule has 1 atom stereocenters. The molecule has 0 spiro atoms. The lowest BCUT2D eigenvalue weighted by Gasteiger charge is -1.97. The second-order valence-electron chi connectivity index (χ2n) is 5.19. The molecule has 0 bridgehead atoms. The molecular formula is C19H23NO3. The zero-order valence-corrected chi connectivity index (χ0v) is 13.8. The van der Waals surface area contributed by atoms with Crippen LogP contribution in [0, 0.1) is 23.7 Å². The molecule has 1 N–H and O–H groups in total. The molecule has 1 aromatic rings. The van der Waals surface area contributed by atoms with Crippen molar-refractivity contribution in [2.75, 3.05) is 7.11 Å². The summed E-state index contributed by atoms with van der Waals surface area (Å²) in [6.45, 7) is 1.74. The third kappa shape index (κ3) is 8.66. The van der Waals surface area contributed by atoms with Crippen molar-refractivity contribution in [2.24, 2.45) is 0 Å². The summed E-state index contributed by atoms with van der Waals surface area (Å²) in [5, 5.41) is 9.06. The van der Waals surface area contributed by atoms with E-state index >= 15 is 0 Å². The van der Waals surface area contributed by atoms with E-state index in [9.17, 15) is 4.79 Å². The van der Waals surface area contributed by atoms with Gasteiger partial charge >= 0.3 is 5.97 Å². The lowest BCUT2D eigenvalue weighted by atomic mass is 10.1. The molecule has 0 saturated heterocycles. The summed E-state index contributed by atoms with van der Waals surface area (Å²) < 4.78 is 4.59. The SMILES string of the molecule is COC(=O)c1ccc(C#CCCCCCC#CC[C@H](C)O)cn1. The smallest absolute Gasteiger partial charge is 0.356 e. The predicted molar refractivity (Wildman–Crippen MR) is 89.6 cm³/mol. The maximum Gasteiger partial charge on any atom is 0.356 e. The number of esters is 1. The maximum absolute atomic E-state index is 11.2. The minimum atomic E-state index is -0.443. The van der Waals surface area contributed by atoms with E-state index < -0.39 is 5.97 Å². The van der Waals surface area contributed by atoms with Crippen LogP contribution in [0.5, 0.6) is 0 Å². The number of rotatable bonds is 6. The van der Waals surface area contributed by atoms with Crippen LogP contribution in [0.1, 0.15) is 61.5 Å². The number of methoxy groups -OCH3 is 1. The molecule has 0 aliphatic rings. The van der Waals surface area contributed by atoms with Gasteiger partial charge in [0, 0.05) is 31.0 Å². The van der Waals surface area contributed by atoms with Crippen molar-refractivity contribution >= 4 is 5.97 Å². The normalized spacial score (nSPS) is 10.7. The van der Waals surface area contributed by atoms with Gasteiger partial charge in [0.25, 0.3) is 0 Å². The molecule has 0 radical (unpaired) electrons. The number of pyridine rings is 1. The van der Waals surface area contributed by atoms with Crippen LogP contribution in [-0.2, 0) is 4.74 Å². The zero-order valence-electron chi connectivity index (χ0n) is 13.8. The average Bonchev–Trinajstić information content (AvgIpc) is 2.56. The zero-order chi connectivity index (χ0) is 16.9. The summed E-state index contributed by atoms with van der Waals surface area (Å²) in [7, 11) is 1.33. The third-order valence-corrected chi connectivity index (χ3v) is 3.02. The first kappa shape index (κ1) is 18.7. The van der Waals surface area contributed by atoms with Crippen molar-refractivity contribution in [3.8, 4) is 23.7 Å². The molecule has 0 fully saturated rings. The van der Waals surface area contributed by atoms with E-state index in [2.05, 4.69) is 33.4 Å². The van der Waals surface area contributed by atoms with E-state index in [0.717, 1.165) is 37.7 Å². The number of aliphatic hydroxyl groups is 1. The summed E-state index contributed by atoms with van der Waals surface area (Å²) in [5.74, 6) is 11.7. The van der Waals surface area contributed by atoms with Crippen molar-refractivity contribution in [1.29, 1.82) is 0 Å². The van der Waals surface area contributed by atoms with Gasteiger partial charge in [0.1, 0.15) is 5.69 Å². The van der Waals surface area contributed by atoms with Crippen molar-refractivity contribution in [3.63, 3.8) is 0 Å². The topological polar surface area (TPSA) is 59.4 Å². The molecule has 0 aromatic carbocycles. The second kappa shape index (κ2) is 11.3. The first-order chi connectivity index (χ1) is 11.1. The number of nitrogens with zero attached hydrogens (tertiary/aromatic N) is 1. The van der Waals surface area contributed by atoms with Gasteiger partial charge in [-0.05, 0) is 31.9 Å². The first-order valence-corrected chi connectivity index (χ1v) is 7.80. The fraction of sp³-hybridized carbons (Fsp3) is 0.474. The Balaban J connectivity index is 2.20. The van der Waals surface area contributed by atoms with Gasteiger partial charge in [-0.25, -0.2) is 9.78 Å². The molecule has 1 rings (SSSR count). The minimum Gasteiger partial charge on any atom is -0.464 e. The Labute approximate surface area is 138 Å². The molecule has 0 unspecified atom stereocenters. The molecule has 0 amide bonds. The molecule has 122 valence electrons. The number of aromatic nitrogens is 1. The molecule has 1 aromatic heterocycles. The van der Waals surface area contributed by atoms with Gasteiger partial charge in [-0.2, -0.15) is 0 Å². The summed E-state index contributed by atoms with van der Waals surface area (Å²) >= 11 is 0. The van der Waals surface area contributed by atoms with Gasteiger partial charge in [-0.3, -0.25) is 0 Å². The van der Waals surface area contributed by atoms with Crippen molar-refractivity contribution in [1.82, 2.24) is 4.98 Å². The van der Waals surface area contributed by atoms with E-state index in [1.165, 1.54) is 7.11 Å². The lowest BCUT2D eigenvalue weighted by Crippen LogP contribution is -2.03. The van der Waals surface area contributed by atoms with Crippen LogP contribution < -0.4 is 0 Å². The molecule has 0 aliphatic carbocycles. The Hall–Kier alpha value is -2.30. The van der Waals surface area contributed by atoms with Crippen LogP contribution in [0.2, 0.25) is 0 Å². The Kier molecular flexibility index (Phi) is 9.20. The Bertz CT molecular complexity index is 597. The van der Waals surface area contributed by atoms with Gasteiger partial charge in [-0.1, -0.05) is 18.3 Å². The third-order valence-electron chi connectivity index (χ3n) is 3.02. The number of carbonyl (C=O) groups is 1. The number of hydrogen-bond donors (Lipinski definition) is 1. The molecule has 23 heavy (non-hydrogen) atoms. The van der Waals surface area contributed by atoms with Gasteiger partial charge in [0.15, 0.2) is 0 Å². The van der Waals surface area contributed by atoms with Crippen LogP contribution in [-0.4, -0.2) is 29.3 Å². The number of unbranched alkanes of at least 4 members (excludes halogenated alkanes) is 4. The molecule has 0 saturated carbocycles. The van der Waals surface area contributed by atoms with Crippen molar-refractivity contribution < 1.29 is 14.6 Å². The van der Waals surface area contributed by atoms with E-state index in [0.29, 0.717) is 6.42 Å². The molecular weight excluding hydrogens is 290 g/mol. The minimum absolute atomic E-state index is 0.287. The van der Waals surface area contributed by atoms with Crippen LogP contribution in [0.3, 0.4) is 0 Å². The fourth-order valence-corrected chi connectivity index (χ4v) is 1.77.